The molecule has 0 spiro atoms. The number of aryl methyl sites for hydroxylation is 1. The normalized spacial score (nSPS) is 10.6. The van der Waals surface area contributed by atoms with Gasteiger partial charge in [-0.15, -0.1) is 0 Å². The summed E-state index contributed by atoms with van der Waals surface area (Å²) in [6, 6.07) is 16.5. The second kappa shape index (κ2) is 5.06. The Bertz CT molecular complexity index is 671. The molecule has 0 amide bonds. The zero-order valence-electron chi connectivity index (χ0n) is 10.8. The van der Waals surface area contributed by atoms with Gasteiger partial charge in [0, 0.05) is 23.7 Å². The van der Waals surface area contributed by atoms with Crippen LogP contribution in [0.25, 0.3) is 11.3 Å². The van der Waals surface area contributed by atoms with Crippen molar-refractivity contribution in [3.8, 4) is 11.3 Å². The lowest BCUT2D eigenvalue weighted by molar-refractivity contribution is 0.694. The molecule has 0 aliphatic heterocycles. The number of hydrogen-bond acceptors (Lipinski definition) is 2. The van der Waals surface area contributed by atoms with E-state index in [-0.39, 0.29) is 0 Å². The Balaban J connectivity index is 1.95. The van der Waals surface area contributed by atoms with Crippen LogP contribution in [0, 0.1) is 6.92 Å². The van der Waals surface area contributed by atoms with Crippen molar-refractivity contribution in [2.45, 2.75) is 13.5 Å². The predicted molar refractivity (Wildman–Crippen MR) is 75.7 cm³/mol. The van der Waals surface area contributed by atoms with Gasteiger partial charge in [0.05, 0.1) is 12.2 Å². The average molecular weight is 249 g/mol. The summed E-state index contributed by atoms with van der Waals surface area (Å²) in [7, 11) is 0. The van der Waals surface area contributed by atoms with E-state index in [0.29, 0.717) is 0 Å². The number of aromatic nitrogens is 3. The van der Waals surface area contributed by atoms with Gasteiger partial charge in [0.25, 0.3) is 0 Å². The first-order chi connectivity index (χ1) is 9.33. The zero-order valence-corrected chi connectivity index (χ0v) is 10.8. The molecule has 3 aromatic rings. The van der Waals surface area contributed by atoms with Crippen LogP contribution in [-0.2, 0) is 6.54 Å². The topological polar surface area (TPSA) is 30.7 Å². The minimum Gasteiger partial charge on any atom is -0.262 e. The lowest BCUT2D eigenvalue weighted by atomic mass is 10.1. The van der Waals surface area contributed by atoms with Gasteiger partial charge in [-0.05, 0) is 30.7 Å². The summed E-state index contributed by atoms with van der Waals surface area (Å²) in [5.41, 5.74) is 4.54. The van der Waals surface area contributed by atoms with Crippen molar-refractivity contribution in [2.24, 2.45) is 0 Å². The molecule has 0 bridgehead atoms. The third-order valence-corrected chi connectivity index (χ3v) is 3.08. The van der Waals surface area contributed by atoms with Gasteiger partial charge >= 0.3 is 0 Å². The first kappa shape index (κ1) is 11.7. The van der Waals surface area contributed by atoms with Crippen LogP contribution in [0.4, 0.5) is 0 Å². The molecule has 2 heterocycles. The first-order valence-electron chi connectivity index (χ1n) is 6.32. The van der Waals surface area contributed by atoms with E-state index in [4.69, 9.17) is 0 Å². The molecular weight excluding hydrogens is 234 g/mol. The largest absolute Gasteiger partial charge is 0.262 e. The van der Waals surface area contributed by atoms with Crippen LogP contribution in [0.3, 0.4) is 0 Å². The molecule has 0 aliphatic carbocycles. The van der Waals surface area contributed by atoms with Crippen molar-refractivity contribution in [3.63, 3.8) is 0 Å². The molecule has 2 aromatic heterocycles. The van der Waals surface area contributed by atoms with Crippen LogP contribution in [0.1, 0.15) is 11.3 Å². The van der Waals surface area contributed by atoms with Gasteiger partial charge in [0.1, 0.15) is 0 Å². The summed E-state index contributed by atoms with van der Waals surface area (Å²) < 4.78 is 2.02. The minimum atomic E-state index is 0.782. The summed E-state index contributed by atoms with van der Waals surface area (Å²) in [6.45, 7) is 2.78. The van der Waals surface area contributed by atoms with E-state index in [1.165, 1.54) is 5.56 Å². The van der Waals surface area contributed by atoms with E-state index < -0.39 is 0 Å². The predicted octanol–water partition coefficient (Wildman–Crippen LogP) is 3.30. The Morgan fingerprint density at radius 3 is 2.63 bits per heavy atom. The van der Waals surface area contributed by atoms with E-state index >= 15 is 0 Å². The van der Waals surface area contributed by atoms with Crippen LogP contribution < -0.4 is 0 Å². The third kappa shape index (κ3) is 2.55. The Morgan fingerprint density at radius 1 is 1.00 bits per heavy atom. The summed E-state index contributed by atoms with van der Waals surface area (Å²) in [4.78, 5) is 4.23. The fourth-order valence-corrected chi connectivity index (χ4v) is 2.17. The number of hydrogen-bond donors (Lipinski definition) is 0. The Hall–Kier alpha value is -2.42. The number of rotatable bonds is 3. The van der Waals surface area contributed by atoms with Crippen molar-refractivity contribution in [1.29, 1.82) is 0 Å². The summed E-state index contributed by atoms with van der Waals surface area (Å²) in [5.74, 6) is 0. The van der Waals surface area contributed by atoms with Gasteiger partial charge in [-0.2, -0.15) is 5.10 Å². The fourth-order valence-electron chi connectivity index (χ4n) is 2.17. The lowest BCUT2D eigenvalue weighted by Gasteiger charge is -2.08. The number of pyridine rings is 1. The molecule has 0 atom stereocenters. The number of benzene rings is 1. The zero-order chi connectivity index (χ0) is 13.1. The highest BCUT2D eigenvalue weighted by Crippen LogP contribution is 2.19. The SMILES string of the molecule is Cc1cc(-c2ccnn2Cc2ccccc2)ccn1. The van der Waals surface area contributed by atoms with E-state index in [0.717, 1.165) is 23.5 Å². The van der Waals surface area contributed by atoms with Gasteiger partial charge in [-0.3, -0.25) is 9.67 Å². The minimum absolute atomic E-state index is 0.782. The molecule has 0 saturated carbocycles. The molecule has 0 saturated heterocycles. The monoisotopic (exact) mass is 249 g/mol. The molecular formula is C16H15N3. The molecule has 3 heteroatoms. The summed E-state index contributed by atoms with van der Waals surface area (Å²) in [5, 5.41) is 4.41. The van der Waals surface area contributed by atoms with E-state index in [2.05, 4.69) is 40.4 Å². The van der Waals surface area contributed by atoms with Gasteiger partial charge in [-0.25, -0.2) is 0 Å². The molecule has 1 aromatic carbocycles. The third-order valence-electron chi connectivity index (χ3n) is 3.08. The first-order valence-corrected chi connectivity index (χ1v) is 6.32. The standard InChI is InChI=1S/C16H15N3/c1-13-11-15(7-9-17-13)16-8-10-18-19(16)12-14-5-3-2-4-6-14/h2-11H,12H2,1H3. The number of nitrogens with zero attached hydrogens (tertiary/aromatic N) is 3. The maximum atomic E-state index is 4.41. The van der Waals surface area contributed by atoms with Crippen molar-refractivity contribution in [3.05, 3.63) is 72.2 Å². The van der Waals surface area contributed by atoms with Crippen molar-refractivity contribution < 1.29 is 0 Å². The van der Waals surface area contributed by atoms with Crippen LogP contribution in [0.2, 0.25) is 0 Å². The molecule has 19 heavy (non-hydrogen) atoms. The molecule has 3 rings (SSSR count). The lowest BCUT2D eigenvalue weighted by Crippen LogP contribution is -2.03. The van der Waals surface area contributed by atoms with Gasteiger partial charge in [0.15, 0.2) is 0 Å². The van der Waals surface area contributed by atoms with Gasteiger partial charge in [0.2, 0.25) is 0 Å². The van der Waals surface area contributed by atoms with Crippen LogP contribution >= 0.6 is 0 Å². The van der Waals surface area contributed by atoms with Gasteiger partial charge in [-0.1, -0.05) is 30.3 Å². The highest BCUT2D eigenvalue weighted by atomic mass is 15.3. The average Bonchev–Trinajstić information content (AvgIpc) is 2.88. The second-order valence-electron chi connectivity index (χ2n) is 4.55. The van der Waals surface area contributed by atoms with Crippen LogP contribution in [0.5, 0.6) is 0 Å². The highest BCUT2D eigenvalue weighted by Gasteiger charge is 2.06. The van der Waals surface area contributed by atoms with Crippen molar-refractivity contribution >= 4 is 0 Å². The molecule has 0 fully saturated rings. The fraction of sp³-hybridized carbons (Fsp3) is 0.125. The van der Waals surface area contributed by atoms with E-state index in [9.17, 15) is 0 Å². The highest BCUT2D eigenvalue weighted by molar-refractivity contribution is 5.59. The summed E-state index contributed by atoms with van der Waals surface area (Å²) in [6.07, 6.45) is 3.68. The molecule has 0 N–H and O–H groups in total. The Kier molecular flexibility index (Phi) is 3.11. The van der Waals surface area contributed by atoms with Crippen LogP contribution in [0.15, 0.2) is 60.9 Å². The van der Waals surface area contributed by atoms with Crippen molar-refractivity contribution in [2.75, 3.05) is 0 Å². The quantitative estimate of drug-likeness (QED) is 0.713. The smallest absolute Gasteiger partial charge is 0.0687 e. The van der Waals surface area contributed by atoms with E-state index in [1.807, 2.05) is 42.2 Å². The molecule has 94 valence electrons. The van der Waals surface area contributed by atoms with Crippen LogP contribution in [-0.4, -0.2) is 14.8 Å². The molecule has 0 aliphatic rings. The maximum Gasteiger partial charge on any atom is 0.0687 e. The maximum absolute atomic E-state index is 4.41. The molecule has 3 nitrogen and oxygen atoms in total. The molecule has 0 radical (unpaired) electrons. The Morgan fingerprint density at radius 2 is 1.84 bits per heavy atom. The van der Waals surface area contributed by atoms with Crippen molar-refractivity contribution in [1.82, 2.24) is 14.8 Å². The second-order valence-corrected chi connectivity index (χ2v) is 4.55. The summed E-state index contributed by atoms with van der Waals surface area (Å²) >= 11 is 0. The van der Waals surface area contributed by atoms with E-state index in [1.54, 1.807) is 0 Å². The van der Waals surface area contributed by atoms with Gasteiger partial charge < -0.3 is 0 Å². The Labute approximate surface area is 112 Å². The molecule has 0 unspecified atom stereocenters.